The molecule has 0 bridgehead atoms. The van der Waals surface area contributed by atoms with Gasteiger partial charge in [0.15, 0.2) is 11.5 Å². The van der Waals surface area contributed by atoms with Crippen LogP contribution in [0.5, 0.6) is 11.5 Å². The number of benzene rings is 2. The van der Waals surface area contributed by atoms with Crippen LogP contribution >= 0.6 is 23.2 Å². The summed E-state index contributed by atoms with van der Waals surface area (Å²) in [6, 6.07) is 11.1. The van der Waals surface area contributed by atoms with Gasteiger partial charge in [0.2, 0.25) is 0 Å². The van der Waals surface area contributed by atoms with E-state index < -0.39 is 0 Å². The summed E-state index contributed by atoms with van der Waals surface area (Å²) in [4.78, 5) is 0. The lowest BCUT2D eigenvalue weighted by molar-refractivity contribution is 0.309. The number of para-hydroxylation sites is 1. The fourth-order valence-corrected chi connectivity index (χ4v) is 2.38. The maximum Gasteiger partial charge on any atom is 0.165 e. The van der Waals surface area contributed by atoms with Crippen LogP contribution in [0.4, 0.5) is 5.69 Å². The van der Waals surface area contributed by atoms with Gasteiger partial charge in [-0.1, -0.05) is 35.3 Å². The summed E-state index contributed by atoms with van der Waals surface area (Å²) in [5.74, 6) is 1.46. The average Bonchev–Trinajstić information content (AvgIpc) is 2.48. The minimum absolute atomic E-state index is 0.560. The molecule has 112 valence electrons. The first-order valence-electron chi connectivity index (χ1n) is 6.63. The molecule has 3 nitrogen and oxygen atoms in total. The summed E-state index contributed by atoms with van der Waals surface area (Å²) in [6.45, 7) is 3.09. The highest BCUT2D eigenvalue weighted by atomic mass is 35.5. The second-order valence-electron chi connectivity index (χ2n) is 4.36. The molecule has 0 aromatic heterocycles. The van der Waals surface area contributed by atoms with Gasteiger partial charge in [0.25, 0.3) is 0 Å². The molecule has 0 heterocycles. The number of hydrogen-bond donors (Lipinski definition) is 1. The third-order valence-corrected chi connectivity index (χ3v) is 3.53. The summed E-state index contributed by atoms with van der Waals surface area (Å²) in [7, 11) is 1.63. The molecule has 2 rings (SSSR count). The van der Waals surface area contributed by atoms with E-state index in [1.54, 1.807) is 25.3 Å². The van der Waals surface area contributed by atoms with Gasteiger partial charge in [-0.15, -0.1) is 0 Å². The second-order valence-corrected chi connectivity index (χ2v) is 5.20. The number of nitrogens with one attached hydrogen (secondary N) is 1. The molecule has 0 amide bonds. The zero-order valence-electron chi connectivity index (χ0n) is 12.0. The van der Waals surface area contributed by atoms with Crippen molar-refractivity contribution in [1.29, 1.82) is 0 Å². The molecule has 0 saturated carbocycles. The topological polar surface area (TPSA) is 30.5 Å². The number of methoxy groups -OCH3 is 1. The second kappa shape index (κ2) is 7.43. The minimum atomic E-state index is 0.560. The van der Waals surface area contributed by atoms with Crippen molar-refractivity contribution in [3.05, 3.63) is 52.0 Å². The molecule has 0 aliphatic rings. The van der Waals surface area contributed by atoms with Crippen LogP contribution in [0.2, 0.25) is 10.0 Å². The molecular formula is C16H17Cl2NO2. The third kappa shape index (κ3) is 3.96. The number of anilines is 1. The Kier molecular flexibility index (Phi) is 5.59. The van der Waals surface area contributed by atoms with E-state index in [1.165, 1.54) is 0 Å². The van der Waals surface area contributed by atoms with Crippen molar-refractivity contribution in [2.75, 3.05) is 19.0 Å². The highest BCUT2D eigenvalue weighted by Crippen LogP contribution is 2.32. The quantitative estimate of drug-likeness (QED) is 0.809. The Labute approximate surface area is 134 Å². The summed E-state index contributed by atoms with van der Waals surface area (Å²) in [5, 5.41) is 4.52. The van der Waals surface area contributed by atoms with Gasteiger partial charge in [0.05, 0.1) is 24.4 Å². The molecule has 0 aliphatic heterocycles. The summed E-state index contributed by atoms with van der Waals surface area (Å²) in [6.07, 6.45) is 0. The van der Waals surface area contributed by atoms with Gasteiger partial charge in [-0.3, -0.25) is 0 Å². The van der Waals surface area contributed by atoms with Gasteiger partial charge >= 0.3 is 0 Å². The molecule has 1 N–H and O–H groups in total. The number of hydrogen-bond acceptors (Lipinski definition) is 3. The molecule has 0 saturated heterocycles. The summed E-state index contributed by atoms with van der Waals surface area (Å²) in [5.41, 5.74) is 1.77. The molecule has 0 radical (unpaired) electrons. The van der Waals surface area contributed by atoms with E-state index in [-0.39, 0.29) is 0 Å². The summed E-state index contributed by atoms with van der Waals surface area (Å²) >= 11 is 12.1. The van der Waals surface area contributed by atoms with Crippen LogP contribution in [0.1, 0.15) is 12.5 Å². The zero-order valence-corrected chi connectivity index (χ0v) is 13.5. The van der Waals surface area contributed by atoms with E-state index in [2.05, 4.69) is 5.32 Å². The normalized spacial score (nSPS) is 10.3. The Hall–Kier alpha value is -1.58. The average molecular weight is 326 g/mol. The van der Waals surface area contributed by atoms with E-state index >= 15 is 0 Å². The monoisotopic (exact) mass is 325 g/mol. The molecule has 2 aromatic rings. The Morgan fingerprint density at radius 3 is 2.67 bits per heavy atom. The first-order chi connectivity index (χ1) is 10.2. The van der Waals surface area contributed by atoms with Crippen molar-refractivity contribution in [2.24, 2.45) is 0 Å². The van der Waals surface area contributed by atoms with E-state index in [0.29, 0.717) is 23.2 Å². The van der Waals surface area contributed by atoms with Crippen LogP contribution in [0.15, 0.2) is 36.4 Å². The molecule has 21 heavy (non-hydrogen) atoms. The van der Waals surface area contributed by atoms with Gasteiger partial charge in [0, 0.05) is 17.1 Å². The zero-order chi connectivity index (χ0) is 15.2. The smallest absolute Gasteiger partial charge is 0.165 e. The predicted octanol–water partition coefficient (Wildman–Crippen LogP) is 5.01. The molecule has 0 unspecified atom stereocenters. The lowest BCUT2D eigenvalue weighted by Crippen LogP contribution is -2.04. The van der Waals surface area contributed by atoms with Crippen LogP contribution in [-0.2, 0) is 6.54 Å². The fraction of sp³-hybridized carbons (Fsp3) is 0.250. The first kappa shape index (κ1) is 15.8. The van der Waals surface area contributed by atoms with Crippen molar-refractivity contribution < 1.29 is 9.47 Å². The number of halogens is 2. The Morgan fingerprint density at radius 2 is 1.95 bits per heavy atom. The highest BCUT2D eigenvalue weighted by molar-refractivity contribution is 6.35. The maximum atomic E-state index is 6.14. The molecule has 2 aromatic carbocycles. The van der Waals surface area contributed by atoms with Crippen molar-refractivity contribution in [1.82, 2.24) is 0 Å². The van der Waals surface area contributed by atoms with Gasteiger partial charge in [-0.25, -0.2) is 0 Å². The third-order valence-electron chi connectivity index (χ3n) is 2.96. The molecule has 0 aliphatic carbocycles. The van der Waals surface area contributed by atoms with Crippen LogP contribution < -0.4 is 14.8 Å². The first-order valence-corrected chi connectivity index (χ1v) is 7.39. The molecule has 0 fully saturated rings. The van der Waals surface area contributed by atoms with Gasteiger partial charge in [-0.2, -0.15) is 0 Å². The van der Waals surface area contributed by atoms with E-state index in [1.807, 2.05) is 25.1 Å². The lowest BCUT2D eigenvalue weighted by Gasteiger charge is -2.15. The highest BCUT2D eigenvalue weighted by Gasteiger charge is 2.10. The van der Waals surface area contributed by atoms with E-state index in [9.17, 15) is 0 Å². The van der Waals surface area contributed by atoms with Crippen LogP contribution in [0.3, 0.4) is 0 Å². The molecule has 0 atom stereocenters. The van der Waals surface area contributed by atoms with E-state index in [0.717, 1.165) is 22.7 Å². The predicted molar refractivity (Wildman–Crippen MR) is 88.0 cm³/mol. The lowest BCUT2D eigenvalue weighted by atomic mass is 10.1. The Morgan fingerprint density at radius 1 is 1.14 bits per heavy atom. The van der Waals surface area contributed by atoms with Crippen molar-refractivity contribution in [3.63, 3.8) is 0 Å². The number of rotatable bonds is 6. The van der Waals surface area contributed by atoms with Gasteiger partial charge < -0.3 is 14.8 Å². The maximum absolute atomic E-state index is 6.14. The molecule has 0 spiro atoms. The van der Waals surface area contributed by atoms with Crippen LogP contribution in [0.25, 0.3) is 0 Å². The van der Waals surface area contributed by atoms with E-state index in [4.69, 9.17) is 32.7 Å². The Balaban J connectivity index is 2.19. The fourth-order valence-electron chi connectivity index (χ4n) is 2.02. The summed E-state index contributed by atoms with van der Waals surface area (Å²) < 4.78 is 11.0. The van der Waals surface area contributed by atoms with Crippen LogP contribution in [-0.4, -0.2) is 13.7 Å². The Bertz CT molecular complexity index is 617. The molecule has 5 heteroatoms. The largest absolute Gasteiger partial charge is 0.493 e. The minimum Gasteiger partial charge on any atom is -0.493 e. The van der Waals surface area contributed by atoms with Crippen molar-refractivity contribution in [2.45, 2.75) is 13.5 Å². The van der Waals surface area contributed by atoms with Crippen LogP contribution in [0, 0.1) is 0 Å². The van der Waals surface area contributed by atoms with Gasteiger partial charge in [0.1, 0.15) is 0 Å². The van der Waals surface area contributed by atoms with Crippen molar-refractivity contribution in [3.8, 4) is 11.5 Å². The standard InChI is InChI=1S/C16H17Cl2NO2/c1-3-21-15-6-4-5-11(16(15)20-2)10-19-14-9-12(17)7-8-13(14)18/h4-9,19H,3,10H2,1-2H3. The molecular weight excluding hydrogens is 309 g/mol. The van der Waals surface area contributed by atoms with Crippen molar-refractivity contribution >= 4 is 28.9 Å². The van der Waals surface area contributed by atoms with Gasteiger partial charge in [-0.05, 0) is 31.2 Å². The SMILES string of the molecule is CCOc1cccc(CNc2cc(Cl)ccc2Cl)c1OC. The number of ether oxygens (including phenoxy) is 2.